The minimum absolute atomic E-state index is 0.0516. The minimum atomic E-state index is -0.0516. The van der Waals surface area contributed by atoms with Crippen LogP contribution in [-0.2, 0) is 18.4 Å². The van der Waals surface area contributed by atoms with Gasteiger partial charge in [0.25, 0.3) is 5.56 Å². The molecular weight excluding hydrogens is 344 g/mol. The Labute approximate surface area is 166 Å². The molecule has 0 atom stereocenters. The Morgan fingerprint density at radius 3 is 2.39 bits per heavy atom. The Morgan fingerprint density at radius 1 is 0.893 bits per heavy atom. The summed E-state index contributed by atoms with van der Waals surface area (Å²) in [6.45, 7) is 0.581. The molecule has 3 aromatic rings. The third kappa shape index (κ3) is 2.90. The number of aromatic nitrogens is 2. The lowest BCUT2D eigenvalue weighted by atomic mass is 9.65. The SMILES string of the molecule is O=c1c2c(ncn1Cc1ccccc1)-c1ccccc1CC21CCCCCC1. The van der Waals surface area contributed by atoms with Crippen LogP contribution in [0.25, 0.3) is 11.3 Å². The first-order chi connectivity index (χ1) is 13.8. The van der Waals surface area contributed by atoms with E-state index in [0.717, 1.165) is 41.6 Å². The highest BCUT2D eigenvalue weighted by molar-refractivity contribution is 5.71. The summed E-state index contributed by atoms with van der Waals surface area (Å²) in [4.78, 5) is 18.6. The topological polar surface area (TPSA) is 34.9 Å². The lowest BCUT2D eigenvalue weighted by Crippen LogP contribution is -2.41. The zero-order chi connectivity index (χ0) is 19.0. The van der Waals surface area contributed by atoms with Gasteiger partial charge in [-0.1, -0.05) is 80.3 Å². The number of fused-ring (bicyclic) bond motifs is 4. The quantitative estimate of drug-likeness (QED) is 0.628. The van der Waals surface area contributed by atoms with Gasteiger partial charge in [-0.05, 0) is 30.4 Å². The van der Waals surface area contributed by atoms with Gasteiger partial charge in [-0.3, -0.25) is 9.36 Å². The van der Waals surface area contributed by atoms with Crippen molar-refractivity contribution in [2.45, 2.75) is 56.9 Å². The summed E-state index contributed by atoms with van der Waals surface area (Å²) < 4.78 is 1.81. The van der Waals surface area contributed by atoms with Gasteiger partial charge in [-0.2, -0.15) is 0 Å². The molecule has 1 aromatic heterocycles. The molecule has 28 heavy (non-hydrogen) atoms. The lowest BCUT2D eigenvalue weighted by molar-refractivity contribution is 0.356. The fraction of sp³-hybridized carbons (Fsp3) is 0.360. The molecule has 5 rings (SSSR count). The summed E-state index contributed by atoms with van der Waals surface area (Å²) in [5, 5.41) is 0. The largest absolute Gasteiger partial charge is 0.294 e. The lowest BCUT2D eigenvalue weighted by Gasteiger charge is -2.38. The summed E-state index contributed by atoms with van der Waals surface area (Å²) >= 11 is 0. The van der Waals surface area contributed by atoms with Crippen LogP contribution in [0.4, 0.5) is 0 Å². The van der Waals surface area contributed by atoms with Crippen molar-refractivity contribution in [1.29, 1.82) is 0 Å². The van der Waals surface area contributed by atoms with Crippen molar-refractivity contribution in [3.05, 3.63) is 88.0 Å². The molecule has 3 nitrogen and oxygen atoms in total. The van der Waals surface area contributed by atoms with E-state index in [9.17, 15) is 4.79 Å². The molecule has 0 bridgehead atoms. The fourth-order valence-electron chi connectivity index (χ4n) is 5.25. The van der Waals surface area contributed by atoms with Crippen molar-refractivity contribution < 1.29 is 0 Å². The van der Waals surface area contributed by atoms with Crippen molar-refractivity contribution in [3.63, 3.8) is 0 Å². The van der Waals surface area contributed by atoms with E-state index in [4.69, 9.17) is 4.98 Å². The molecule has 0 radical (unpaired) electrons. The maximum atomic E-state index is 13.7. The van der Waals surface area contributed by atoms with Crippen LogP contribution in [-0.4, -0.2) is 9.55 Å². The highest BCUT2D eigenvalue weighted by Crippen LogP contribution is 2.47. The van der Waals surface area contributed by atoms with Gasteiger partial charge in [0.05, 0.1) is 24.1 Å². The first-order valence-corrected chi connectivity index (χ1v) is 10.5. The average Bonchev–Trinajstić information content (AvgIpc) is 2.96. The van der Waals surface area contributed by atoms with Crippen LogP contribution in [0.15, 0.2) is 65.7 Å². The molecule has 2 aromatic carbocycles. The highest BCUT2D eigenvalue weighted by atomic mass is 16.1. The smallest absolute Gasteiger partial charge is 0.258 e. The van der Waals surface area contributed by atoms with Crippen molar-refractivity contribution in [2.75, 3.05) is 0 Å². The summed E-state index contributed by atoms with van der Waals surface area (Å²) in [6, 6.07) is 18.7. The van der Waals surface area contributed by atoms with Gasteiger partial charge in [0.2, 0.25) is 0 Å². The van der Waals surface area contributed by atoms with Crippen LogP contribution in [0.1, 0.15) is 55.2 Å². The standard InChI is InChI=1S/C25H26N2O/c28-24-22-23(26-18-27(24)17-19-10-4-3-5-11-19)21-13-7-6-12-20(21)16-25(22)14-8-1-2-9-15-25/h3-7,10-13,18H,1-2,8-9,14-17H2. The van der Waals surface area contributed by atoms with Gasteiger partial charge in [0, 0.05) is 11.0 Å². The van der Waals surface area contributed by atoms with Gasteiger partial charge >= 0.3 is 0 Å². The van der Waals surface area contributed by atoms with E-state index in [0.29, 0.717) is 6.54 Å². The van der Waals surface area contributed by atoms with Crippen LogP contribution in [0, 0.1) is 0 Å². The van der Waals surface area contributed by atoms with E-state index in [1.54, 1.807) is 6.33 Å². The van der Waals surface area contributed by atoms with Crippen LogP contribution < -0.4 is 5.56 Å². The molecule has 0 aliphatic heterocycles. The summed E-state index contributed by atoms with van der Waals surface area (Å²) in [5.41, 5.74) is 5.65. The second-order valence-corrected chi connectivity index (χ2v) is 8.42. The number of nitrogens with zero attached hydrogens (tertiary/aromatic N) is 2. The number of rotatable bonds is 2. The highest BCUT2D eigenvalue weighted by Gasteiger charge is 2.42. The zero-order valence-corrected chi connectivity index (χ0v) is 16.2. The van der Waals surface area contributed by atoms with Crippen LogP contribution in [0.5, 0.6) is 0 Å². The molecule has 0 unspecified atom stereocenters. The monoisotopic (exact) mass is 370 g/mol. The zero-order valence-electron chi connectivity index (χ0n) is 16.2. The summed E-state index contributed by atoms with van der Waals surface area (Å²) in [5.74, 6) is 0. The predicted molar refractivity (Wildman–Crippen MR) is 113 cm³/mol. The molecule has 2 aliphatic rings. The van der Waals surface area contributed by atoms with Crippen LogP contribution >= 0.6 is 0 Å². The Hall–Kier alpha value is -2.68. The van der Waals surface area contributed by atoms with Gasteiger partial charge in [-0.15, -0.1) is 0 Å². The molecule has 142 valence electrons. The van der Waals surface area contributed by atoms with E-state index in [2.05, 4.69) is 36.4 Å². The Kier molecular flexibility index (Phi) is 4.38. The Bertz CT molecular complexity index is 1040. The van der Waals surface area contributed by atoms with E-state index < -0.39 is 0 Å². The maximum absolute atomic E-state index is 13.7. The predicted octanol–water partition coefficient (Wildman–Crippen LogP) is 5.11. The van der Waals surface area contributed by atoms with Crippen LogP contribution in [0.3, 0.4) is 0 Å². The van der Waals surface area contributed by atoms with E-state index in [1.807, 2.05) is 22.8 Å². The normalized spacial score (nSPS) is 17.6. The maximum Gasteiger partial charge on any atom is 0.258 e. The van der Waals surface area contributed by atoms with E-state index >= 15 is 0 Å². The molecular formula is C25H26N2O. The summed E-state index contributed by atoms with van der Waals surface area (Å²) in [6.07, 6.45) is 9.88. The van der Waals surface area contributed by atoms with E-state index in [-0.39, 0.29) is 11.0 Å². The van der Waals surface area contributed by atoms with Crippen molar-refractivity contribution in [1.82, 2.24) is 9.55 Å². The van der Waals surface area contributed by atoms with Gasteiger partial charge in [0.15, 0.2) is 0 Å². The summed E-state index contributed by atoms with van der Waals surface area (Å²) in [7, 11) is 0. The van der Waals surface area contributed by atoms with E-state index in [1.165, 1.54) is 31.2 Å². The average molecular weight is 370 g/mol. The Balaban J connectivity index is 1.69. The molecule has 3 heteroatoms. The second-order valence-electron chi connectivity index (χ2n) is 8.42. The molecule has 1 saturated carbocycles. The molecule has 1 heterocycles. The number of hydrogen-bond donors (Lipinski definition) is 0. The first kappa shape index (κ1) is 17.4. The third-order valence-corrected chi connectivity index (χ3v) is 6.63. The number of hydrogen-bond acceptors (Lipinski definition) is 2. The number of benzene rings is 2. The van der Waals surface area contributed by atoms with Crippen molar-refractivity contribution >= 4 is 0 Å². The molecule has 1 fully saturated rings. The molecule has 0 amide bonds. The van der Waals surface area contributed by atoms with Gasteiger partial charge in [-0.25, -0.2) is 4.98 Å². The minimum Gasteiger partial charge on any atom is -0.294 e. The van der Waals surface area contributed by atoms with Crippen molar-refractivity contribution in [3.8, 4) is 11.3 Å². The third-order valence-electron chi connectivity index (χ3n) is 6.63. The first-order valence-electron chi connectivity index (χ1n) is 10.5. The fourth-order valence-corrected chi connectivity index (χ4v) is 5.25. The van der Waals surface area contributed by atoms with Crippen molar-refractivity contribution in [2.24, 2.45) is 0 Å². The molecule has 0 N–H and O–H groups in total. The molecule has 0 saturated heterocycles. The van der Waals surface area contributed by atoms with Gasteiger partial charge in [0.1, 0.15) is 0 Å². The van der Waals surface area contributed by atoms with Gasteiger partial charge < -0.3 is 0 Å². The van der Waals surface area contributed by atoms with Crippen LogP contribution in [0.2, 0.25) is 0 Å². The second kappa shape index (κ2) is 7.05. The molecule has 1 spiro atoms. The molecule has 2 aliphatic carbocycles. The Morgan fingerprint density at radius 2 is 1.61 bits per heavy atom.